The topological polar surface area (TPSA) is 106 Å². The van der Waals surface area contributed by atoms with Crippen LogP contribution in [-0.2, 0) is 9.59 Å². The zero-order valence-electron chi connectivity index (χ0n) is 17.6. The van der Waals surface area contributed by atoms with Gasteiger partial charge in [-0.3, -0.25) is 9.59 Å². The fourth-order valence-electron chi connectivity index (χ4n) is 3.88. The molecule has 0 radical (unpaired) electrons. The van der Waals surface area contributed by atoms with E-state index in [0.717, 1.165) is 16.5 Å². The lowest BCUT2D eigenvalue weighted by molar-refractivity contribution is -0.146. The monoisotopic (exact) mass is 437 g/mol. The summed E-state index contributed by atoms with van der Waals surface area (Å²) in [6.07, 6.45) is 1.22. The summed E-state index contributed by atoms with van der Waals surface area (Å²) in [5, 5.41) is 9.92. The minimum absolute atomic E-state index is 0.190. The summed E-state index contributed by atoms with van der Waals surface area (Å²) >= 11 is 0. The number of carboxylic acid groups (broad SMARTS) is 1. The van der Waals surface area contributed by atoms with Crippen LogP contribution in [0.5, 0.6) is 11.5 Å². The lowest BCUT2D eigenvalue weighted by Gasteiger charge is -2.30. The highest BCUT2D eigenvalue weighted by atomic mass is 16.5. The molecule has 2 aromatic carbocycles. The average Bonchev–Trinajstić information content (AvgIpc) is 2.81. The van der Waals surface area contributed by atoms with E-state index in [9.17, 15) is 19.5 Å². The lowest BCUT2D eigenvalue weighted by atomic mass is 9.98. The number of likely N-dealkylation sites (tertiary alicyclic amines) is 1. The van der Waals surface area contributed by atoms with Crippen LogP contribution in [0.3, 0.4) is 0 Å². The van der Waals surface area contributed by atoms with Crippen molar-refractivity contribution in [3.8, 4) is 22.6 Å². The predicted molar refractivity (Wildman–Crippen MR) is 117 cm³/mol. The maximum absolute atomic E-state index is 12.5. The number of nitrogens with zero attached hydrogens (tertiary/aromatic N) is 1. The van der Waals surface area contributed by atoms with Crippen molar-refractivity contribution in [3.63, 3.8) is 0 Å². The molecule has 1 saturated heterocycles. The van der Waals surface area contributed by atoms with Crippen LogP contribution in [0.4, 0.5) is 0 Å². The number of methoxy groups -OCH3 is 1. The Morgan fingerprint density at radius 1 is 1.12 bits per heavy atom. The van der Waals surface area contributed by atoms with Crippen molar-refractivity contribution in [2.75, 3.05) is 26.8 Å². The first-order chi connectivity index (χ1) is 15.4. The zero-order valence-corrected chi connectivity index (χ0v) is 17.6. The van der Waals surface area contributed by atoms with Crippen molar-refractivity contribution < 1.29 is 28.6 Å². The molecule has 3 aromatic rings. The van der Waals surface area contributed by atoms with Crippen molar-refractivity contribution in [2.45, 2.75) is 12.8 Å². The van der Waals surface area contributed by atoms with Crippen LogP contribution in [0.25, 0.3) is 22.1 Å². The second-order valence-corrected chi connectivity index (χ2v) is 7.67. The molecule has 0 bridgehead atoms. The van der Waals surface area contributed by atoms with Crippen LogP contribution in [0, 0.1) is 5.92 Å². The Morgan fingerprint density at radius 2 is 1.88 bits per heavy atom. The Hall–Kier alpha value is -3.81. The summed E-state index contributed by atoms with van der Waals surface area (Å²) in [6, 6.07) is 13.8. The van der Waals surface area contributed by atoms with E-state index >= 15 is 0 Å². The molecule has 1 N–H and O–H groups in total. The summed E-state index contributed by atoms with van der Waals surface area (Å²) in [5.41, 5.74) is 1.40. The minimum atomic E-state index is -0.888. The Morgan fingerprint density at radius 3 is 2.59 bits per heavy atom. The molecule has 0 saturated carbocycles. The number of carbonyl (C=O) groups is 2. The fourth-order valence-corrected chi connectivity index (χ4v) is 3.88. The second-order valence-electron chi connectivity index (χ2n) is 7.67. The Balaban J connectivity index is 1.52. The van der Waals surface area contributed by atoms with Crippen molar-refractivity contribution in [3.05, 3.63) is 59.0 Å². The number of fused-ring (bicyclic) bond motifs is 1. The van der Waals surface area contributed by atoms with Gasteiger partial charge < -0.3 is 23.9 Å². The van der Waals surface area contributed by atoms with Gasteiger partial charge in [0.05, 0.1) is 13.0 Å². The van der Waals surface area contributed by atoms with E-state index in [4.69, 9.17) is 13.9 Å². The van der Waals surface area contributed by atoms with Crippen molar-refractivity contribution in [1.29, 1.82) is 0 Å². The molecular formula is C24H23NO7. The van der Waals surface area contributed by atoms with Crippen LogP contribution in [0.2, 0.25) is 0 Å². The van der Waals surface area contributed by atoms with Gasteiger partial charge >= 0.3 is 11.6 Å². The van der Waals surface area contributed by atoms with Gasteiger partial charge in [0, 0.05) is 30.6 Å². The van der Waals surface area contributed by atoms with Crippen molar-refractivity contribution in [2.24, 2.45) is 5.92 Å². The van der Waals surface area contributed by atoms with Crippen molar-refractivity contribution in [1.82, 2.24) is 4.90 Å². The number of carboxylic acids is 1. The van der Waals surface area contributed by atoms with Gasteiger partial charge in [0.25, 0.3) is 5.91 Å². The van der Waals surface area contributed by atoms with Crippen LogP contribution >= 0.6 is 0 Å². The van der Waals surface area contributed by atoms with Gasteiger partial charge in [-0.25, -0.2) is 4.79 Å². The Bertz CT molecular complexity index is 1200. The summed E-state index contributed by atoms with van der Waals surface area (Å²) in [6.45, 7) is 0.485. The van der Waals surface area contributed by atoms with E-state index < -0.39 is 17.5 Å². The van der Waals surface area contributed by atoms with Gasteiger partial charge in [0.1, 0.15) is 17.1 Å². The number of hydrogen-bond donors (Lipinski definition) is 1. The maximum atomic E-state index is 12.5. The number of rotatable bonds is 6. The molecular weight excluding hydrogens is 414 g/mol. The maximum Gasteiger partial charge on any atom is 0.336 e. The van der Waals surface area contributed by atoms with Gasteiger partial charge in [0.2, 0.25) is 0 Å². The van der Waals surface area contributed by atoms with Gasteiger partial charge in [-0.15, -0.1) is 0 Å². The standard InChI is InChI=1S/C24H23NO7/c1-30-17-6-4-15(5-7-17)20-12-23(27)32-21-11-18(8-9-19(20)21)31-14-22(26)25-10-2-3-16(13-25)24(28)29/h4-9,11-12,16H,2-3,10,13-14H2,1H3,(H,28,29)/t16-/m1/s1. The molecule has 1 atom stereocenters. The molecule has 8 heteroatoms. The highest BCUT2D eigenvalue weighted by Gasteiger charge is 2.28. The molecule has 8 nitrogen and oxygen atoms in total. The quantitative estimate of drug-likeness (QED) is 0.591. The molecule has 4 rings (SSSR count). The molecule has 1 fully saturated rings. The number of piperidine rings is 1. The van der Waals surface area contributed by atoms with Crippen LogP contribution in [0.1, 0.15) is 12.8 Å². The number of benzene rings is 2. The second kappa shape index (κ2) is 9.13. The third-order valence-electron chi connectivity index (χ3n) is 5.60. The summed E-state index contributed by atoms with van der Waals surface area (Å²) in [7, 11) is 1.59. The van der Waals surface area contributed by atoms with Crippen LogP contribution in [-0.4, -0.2) is 48.7 Å². The molecule has 1 amide bonds. The van der Waals surface area contributed by atoms with Gasteiger partial charge in [-0.1, -0.05) is 12.1 Å². The molecule has 0 aliphatic carbocycles. The van der Waals surface area contributed by atoms with E-state index in [1.807, 2.05) is 24.3 Å². The number of ether oxygens (including phenoxy) is 2. The number of aliphatic carboxylic acids is 1. The highest BCUT2D eigenvalue weighted by molar-refractivity contribution is 5.93. The minimum Gasteiger partial charge on any atom is -0.497 e. The van der Waals surface area contributed by atoms with E-state index in [1.165, 1.54) is 11.0 Å². The molecule has 0 unspecified atom stereocenters. The molecule has 166 valence electrons. The third kappa shape index (κ3) is 4.59. The SMILES string of the molecule is COc1ccc(-c2cc(=O)oc3cc(OCC(=O)N4CCC[C@@H](C(=O)O)C4)ccc23)cc1. The smallest absolute Gasteiger partial charge is 0.336 e. The summed E-state index contributed by atoms with van der Waals surface area (Å²) in [4.78, 5) is 37.3. The number of amides is 1. The number of hydrogen-bond acceptors (Lipinski definition) is 6. The molecule has 1 aliphatic heterocycles. The molecule has 2 heterocycles. The first-order valence-electron chi connectivity index (χ1n) is 10.3. The van der Waals surface area contributed by atoms with E-state index in [2.05, 4.69) is 0 Å². The number of carbonyl (C=O) groups excluding carboxylic acids is 1. The van der Waals surface area contributed by atoms with E-state index in [0.29, 0.717) is 36.5 Å². The van der Waals surface area contributed by atoms with Gasteiger partial charge in [-0.2, -0.15) is 0 Å². The summed E-state index contributed by atoms with van der Waals surface area (Å²) in [5.74, 6) is -0.610. The van der Waals surface area contributed by atoms with E-state index in [-0.39, 0.29) is 19.1 Å². The fraction of sp³-hybridized carbons (Fsp3) is 0.292. The zero-order chi connectivity index (χ0) is 22.7. The van der Waals surface area contributed by atoms with E-state index in [1.54, 1.807) is 25.3 Å². The predicted octanol–water partition coefficient (Wildman–Crippen LogP) is 3.17. The highest BCUT2D eigenvalue weighted by Crippen LogP contribution is 2.30. The molecule has 32 heavy (non-hydrogen) atoms. The van der Waals surface area contributed by atoms with Gasteiger partial charge in [0.15, 0.2) is 6.61 Å². The molecule has 0 spiro atoms. The summed E-state index contributed by atoms with van der Waals surface area (Å²) < 4.78 is 16.2. The third-order valence-corrected chi connectivity index (χ3v) is 5.60. The van der Waals surface area contributed by atoms with Crippen molar-refractivity contribution >= 4 is 22.8 Å². The Labute approximate surface area is 184 Å². The lowest BCUT2D eigenvalue weighted by Crippen LogP contribution is -2.44. The Kier molecular flexibility index (Phi) is 6.11. The van der Waals surface area contributed by atoms with Gasteiger partial charge in [-0.05, 0) is 48.2 Å². The van der Waals surface area contributed by atoms with Crippen LogP contribution < -0.4 is 15.1 Å². The molecule has 1 aliphatic rings. The molecule has 1 aromatic heterocycles. The normalized spacial score (nSPS) is 16.0. The van der Waals surface area contributed by atoms with Crippen LogP contribution in [0.15, 0.2) is 57.7 Å². The first kappa shape index (κ1) is 21.4. The largest absolute Gasteiger partial charge is 0.497 e. The average molecular weight is 437 g/mol. The first-order valence-corrected chi connectivity index (χ1v) is 10.3.